The van der Waals surface area contributed by atoms with Gasteiger partial charge in [0.1, 0.15) is 10.9 Å². The number of rotatable bonds is 4. The SMILES string of the molecule is COc1ccc(C(Cc2cccc(Cl)n2)=NO)cc1. The minimum Gasteiger partial charge on any atom is -0.497 e. The van der Waals surface area contributed by atoms with E-state index in [9.17, 15) is 0 Å². The van der Waals surface area contributed by atoms with Crippen molar-refractivity contribution in [3.05, 3.63) is 58.9 Å². The van der Waals surface area contributed by atoms with Gasteiger partial charge in [0.05, 0.1) is 12.8 Å². The smallest absolute Gasteiger partial charge is 0.129 e. The molecule has 0 saturated carbocycles. The lowest BCUT2D eigenvalue weighted by Crippen LogP contribution is -2.07. The average Bonchev–Trinajstić information content (AvgIpc) is 2.45. The Morgan fingerprint density at radius 1 is 1.26 bits per heavy atom. The fourth-order valence-corrected chi connectivity index (χ4v) is 1.88. The summed E-state index contributed by atoms with van der Waals surface area (Å²) in [5.74, 6) is 0.752. The van der Waals surface area contributed by atoms with E-state index in [0.717, 1.165) is 17.0 Å². The highest BCUT2D eigenvalue weighted by Gasteiger charge is 2.07. The van der Waals surface area contributed by atoms with Gasteiger partial charge in [-0.25, -0.2) is 4.98 Å². The zero-order chi connectivity index (χ0) is 13.7. The van der Waals surface area contributed by atoms with Gasteiger partial charge >= 0.3 is 0 Å². The predicted octanol–water partition coefficient (Wildman–Crippen LogP) is 3.16. The zero-order valence-electron chi connectivity index (χ0n) is 10.4. The number of aromatic nitrogens is 1. The maximum Gasteiger partial charge on any atom is 0.129 e. The van der Waals surface area contributed by atoms with Crippen molar-refractivity contribution in [2.24, 2.45) is 5.16 Å². The van der Waals surface area contributed by atoms with Crippen molar-refractivity contribution in [2.75, 3.05) is 7.11 Å². The first-order chi connectivity index (χ1) is 9.22. The Labute approximate surface area is 116 Å². The number of halogens is 1. The maximum absolute atomic E-state index is 9.13. The van der Waals surface area contributed by atoms with Crippen LogP contribution in [0.3, 0.4) is 0 Å². The Morgan fingerprint density at radius 2 is 2.00 bits per heavy atom. The molecule has 1 N–H and O–H groups in total. The highest BCUT2D eigenvalue weighted by Crippen LogP contribution is 2.14. The predicted molar refractivity (Wildman–Crippen MR) is 74.3 cm³/mol. The lowest BCUT2D eigenvalue weighted by atomic mass is 10.1. The highest BCUT2D eigenvalue weighted by molar-refractivity contribution is 6.29. The number of methoxy groups -OCH3 is 1. The second kappa shape index (κ2) is 6.20. The Balaban J connectivity index is 2.20. The van der Waals surface area contributed by atoms with Crippen molar-refractivity contribution >= 4 is 17.3 Å². The van der Waals surface area contributed by atoms with Gasteiger partial charge < -0.3 is 9.94 Å². The Morgan fingerprint density at radius 3 is 2.58 bits per heavy atom. The summed E-state index contributed by atoms with van der Waals surface area (Å²) >= 11 is 5.83. The van der Waals surface area contributed by atoms with Crippen LogP contribution >= 0.6 is 11.6 Å². The van der Waals surface area contributed by atoms with Gasteiger partial charge in [0.2, 0.25) is 0 Å². The summed E-state index contributed by atoms with van der Waals surface area (Å²) in [5, 5.41) is 12.9. The van der Waals surface area contributed by atoms with Crippen LogP contribution in [-0.4, -0.2) is 23.0 Å². The molecule has 5 heteroatoms. The van der Waals surface area contributed by atoms with Crippen molar-refractivity contribution in [1.82, 2.24) is 4.98 Å². The standard InChI is InChI=1S/C14H13ClN2O2/c1-19-12-7-5-10(6-8-12)13(17-18)9-11-3-2-4-14(15)16-11/h2-8,18H,9H2,1H3. The molecule has 0 saturated heterocycles. The summed E-state index contributed by atoms with van der Waals surface area (Å²) in [6.45, 7) is 0. The van der Waals surface area contributed by atoms with Gasteiger partial charge in [-0.1, -0.05) is 22.8 Å². The van der Waals surface area contributed by atoms with Crippen molar-refractivity contribution in [1.29, 1.82) is 0 Å². The quantitative estimate of drug-likeness (QED) is 0.404. The molecule has 0 fully saturated rings. The van der Waals surface area contributed by atoms with E-state index in [1.807, 2.05) is 36.4 Å². The van der Waals surface area contributed by atoms with Gasteiger partial charge in [0, 0.05) is 12.1 Å². The molecule has 0 spiro atoms. The summed E-state index contributed by atoms with van der Waals surface area (Å²) in [6, 6.07) is 12.6. The third-order valence-electron chi connectivity index (χ3n) is 2.67. The van der Waals surface area contributed by atoms with Gasteiger partial charge in [-0.15, -0.1) is 0 Å². The third kappa shape index (κ3) is 3.45. The van der Waals surface area contributed by atoms with Gasteiger partial charge in [0.25, 0.3) is 0 Å². The topological polar surface area (TPSA) is 54.7 Å². The second-order valence-electron chi connectivity index (χ2n) is 3.90. The molecule has 98 valence electrons. The van der Waals surface area contributed by atoms with E-state index in [1.54, 1.807) is 13.2 Å². The summed E-state index contributed by atoms with van der Waals surface area (Å²) in [6.07, 6.45) is 0.406. The van der Waals surface area contributed by atoms with Crippen LogP contribution in [0.4, 0.5) is 0 Å². The third-order valence-corrected chi connectivity index (χ3v) is 2.88. The number of hydrogen-bond donors (Lipinski definition) is 1. The molecule has 0 radical (unpaired) electrons. The van der Waals surface area contributed by atoms with Crippen LogP contribution in [0.25, 0.3) is 0 Å². The molecular weight excluding hydrogens is 264 g/mol. The molecule has 1 aromatic heterocycles. The van der Waals surface area contributed by atoms with Crippen molar-refractivity contribution in [3.63, 3.8) is 0 Å². The maximum atomic E-state index is 9.13. The summed E-state index contributed by atoms with van der Waals surface area (Å²) < 4.78 is 5.08. The number of pyridine rings is 1. The molecule has 19 heavy (non-hydrogen) atoms. The minimum atomic E-state index is 0.406. The Hall–Kier alpha value is -2.07. The molecular formula is C14H13ClN2O2. The monoisotopic (exact) mass is 276 g/mol. The van der Waals surface area contributed by atoms with Gasteiger partial charge in [0.15, 0.2) is 0 Å². The first kappa shape index (κ1) is 13.4. The van der Waals surface area contributed by atoms with Crippen molar-refractivity contribution in [3.8, 4) is 5.75 Å². The van der Waals surface area contributed by atoms with E-state index < -0.39 is 0 Å². The molecule has 0 unspecified atom stereocenters. The van der Waals surface area contributed by atoms with Crippen LogP contribution in [-0.2, 0) is 6.42 Å². The molecule has 1 aromatic carbocycles. The number of nitrogens with zero attached hydrogens (tertiary/aromatic N) is 2. The van der Waals surface area contributed by atoms with Crippen molar-refractivity contribution < 1.29 is 9.94 Å². The summed E-state index contributed by atoms with van der Waals surface area (Å²) in [5.41, 5.74) is 2.08. The van der Waals surface area contributed by atoms with Crippen LogP contribution < -0.4 is 4.74 Å². The molecule has 0 amide bonds. The van der Waals surface area contributed by atoms with E-state index in [4.69, 9.17) is 21.5 Å². The largest absolute Gasteiger partial charge is 0.497 e. The molecule has 0 aliphatic carbocycles. The first-order valence-electron chi connectivity index (χ1n) is 5.69. The van der Waals surface area contributed by atoms with Crippen LogP contribution in [0.15, 0.2) is 47.6 Å². The van der Waals surface area contributed by atoms with Crippen LogP contribution in [0, 0.1) is 0 Å². The highest BCUT2D eigenvalue weighted by atomic mass is 35.5. The number of oxime groups is 1. The van der Waals surface area contributed by atoms with Gasteiger partial charge in [-0.3, -0.25) is 0 Å². The number of ether oxygens (including phenoxy) is 1. The summed E-state index contributed by atoms with van der Waals surface area (Å²) in [7, 11) is 1.60. The lowest BCUT2D eigenvalue weighted by molar-refractivity contribution is 0.318. The van der Waals surface area contributed by atoms with E-state index >= 15 is 0 Å². The van der Waals surface area contributed by atoms with Crippen LogP contribution in [0.1, 0.15) is 11.3 Å². The van der Waals surface area contributed by atoms with E-state index in [2.05, 4.69) is 10.1 Å². The molecule has 0 aliphatic rings. The average molecular weight is 277 g/mol. The Kier molecular flexibility index (Phi) is 4.36. The molecule has 2 aromatic rings. The fourth-order valence-electron chi connectivity index (χ4n) is 1.70. The second-order valence-corrected chi connectivity index (χ2v) is 4.29. The molecule has 0 atom stereocenters. The molecule has 4 nitrogen and oxygen atoms in total. The normalized spacial score (nSPS) is 11.4. The number of benzene rings is 1. The molecule has 0 aliphatic heterocycles. The summed E-state index contributed by atoms with van der Waals surface area (Å²) in [4.78, 5) is 4.17. The van der Waals surface area contributed by atoms with E-state index in [-0.39, 0.29) is 0 Å². The molecule has 2 rings (SSSR count). The molecule has 1 heterocycles. The van der Waals surface area contributed by atoms with Gasteiger partial charge in [-0.05, 0) is 42.0 Å². The van der Waals surface area contributed by atoms with E-state index in [0.29, 0.717) is 17.3 Å². The first-order valence-corrected chi connectivity index (χ1v) is 6.07. The van der Waals surface area contributed by atoms with Gasteiger partial charge in [-0.2, -0.15) is 0 Å². The molecule has 0 bridgehead atoms. The fraction of sp³-hybridized carbons (Fsp3) is 0.143. The Bertz CT molecular complexity index is 582. The van der Waals surface area contributed by atoms with Crippen LogP contribution in [0.5, 0.6) is 5.75 Å². The van der Waals surface area contributed by atoms with Crippen LogP contribution in [0.2, 0.25) is 5.15 Å². The van der Waals surface area contributed by atoms with E-state index in [1.165, 1.54) is 0 Å². The minimum absolute atomic E-state index is 0.406. The zero-order valence-corrected chi connectivity index (χ0v) is 11.1. The number of hydrogen-bond acceptors (Lipinski definition) is 4. The lowest BCUT2D eigenvalue weighted by Gasteiger charge is -2.06. The van der Waals surface area contributed by atoms with Crippen molar-refractivity contribution in [2.45, 2.75) is 6.42 Å².